The number of aliphatic hydroxyl groups is 1. The molecule has 3 rings (SSSR count). The van der Waals surface area contributed by atoms with Crippen molar-refractivity contribution in [2.24, 2.45) is 0 Å². The van der Waals surface area contributed by atoms with Crippen LogP contribution in [0.25, 0.3) is 0 Å². The first-order valence-corrected chi connectivity index (χ1v) is 9.78. The Morgan fingerprint density at radius 1 is 0.885 bits per heavy atom. The van der Waals surface area contributed by atoms with E-state index in [4.69, 9.17) is 0 Å². The van der Waals surface area contributed by atoms with Crippen molar-refractivity contribution in [1.29, 1.82) is 0 Å². The van der Waals surface area contributed by atoms with E-state index in [1.807, 2.05) is 41.7 Å². The van der Waals surface area contributed by atoms with E-state index in [9.17, 15) is 5.11 Å². The first kappa shape index (κ1) is 20.7. The Morgan fingerprint density at radius 3 is 2.08 bits per heavy atom. The topological polar surface area (TPSA) is 36.8 Å². The molecule has 0 amide bonds. The zero-order valence-corrected chi connectivity index (χ0v) is 16.5. The maximum Gasteiger partial charge on any atom is 0.130 e. The fraction of sp³-hybridized carbons (Fsp3) is 0.273. The van der Waals surface area contributed by atoms with Crippen LogP contribution in [0.3, 0.4) is 0 Å². The Balaban J connectivity index is 0.00000243. The van der Waals surface area contributed by atoms with Gasteiger partial charge in [0.1, 0.15) is 12.1 Å². The molecule has 0 aliphatic heterocycles. The van der Waals surface area contributed by atoms with Gasteiger partial charge in [-0.2, -0.15) is 0 Å². The van der Waals surface area contributed by atoms with Crippen molar-refractivity contribution in [2.75, 3.05) is 6.54 Å². The summed E-state index contributed by atoms with van der Waals surface area (Å²) in [6.07, 6.45) is 0.634. The molecule has 26 heavy (non-hydrogen) atoms. The molecule has 0 bridgehead atoms. The molecule has 3 unspecified atom stereocenters. The van der Waals surface area contributed by atoms with Gasteiger partial charge in [-0.25, -0.2) is 0 Å². The number of nitrogens with two attached hydrogens (primary N) is 1. The monoisotopic (exact) mass is 387 g/mol. The average molecular weight is 388 g/mol. The smallest absolute Gasteiger partial charge is 0.130 e. The van der Waals surface area contributed by atoms with Gasteiger partial charge >= 0.3 is 0 Å². The molecule has 2 nitrogen and oxygen atoms in total. The van der Waals surface area contributed by atoms with Crippen LogP contribution in [0.2, 0.25) is 0 Å². The van der Waals surface area contributed by atoms with Gasteiger partial charge in [0.05, 0.1) is 6.54 Å². The van der Waals surface area contributed by atoms with Crippen LogP contribution in [-0.4, -0.2) is 17.7 Å². The number of thiophene rings is 1. The summed E-state index contributed by atoms with van der Waals surface area (Å²) in [5.74, 6) is 0.429. The summed E-state index contributed by atoms with van der Waals surface area (Å²) in [5.41, 5.74) is 2.36. The largest absolute Gasteiger partial charge is 1.00 e. The third-order valence-corrected chi connectivity index (χ3v) is 5.71. The lowest BCUT2D eigenvalue weighted by molar-refractivity contribution is -0.694. The molecule has 0 saturated heterocycles. The molecule has 138 valence electrons. The van der Waals surface area contributed by atoms with Crippen LogP contribution in [0.1, 0.15) is 41.4 Å². The first-order chi connectivity index (χ1) is 12.3. The quantitative estimate of drug-likeness (QED) is 0.593. The second-order valence-corrected chi connectivity index (χ2v) is 7.49. The second-order valence-electron chi connectivity index (χ2n) is 6.51. The standard InChI is InChI=1S/C22H25NOS.ClH/c1-17(22(24)19-11-6-3-7-12-19)23-15-14-20(21-13-8-16-25-21)18-9-4-2-5-10-18;/h2-13,16-17,20,22-24H,14-15H2,1H3;1H. The molecule has 0 fully saturated rings. The number of hydrogen-bond donors (Lipinski definition) is 2. The SMILES string of the molecule is CC([NH2+]CCC(c1ccccc1)c1cccs1)C(O)c1ccccc1.[Cl-]. The Bertz CT molecular complexity index is 733. The predicted octanol–water partition coefficient (Wildman–Crippen LogP) is 0.960. The van der Waals surface area contributed by atoms with E-state index in [1.54, 1.807) is 0 Å². The highest BCUT2D eigenvalue weighted by molar-refractivity contribution is 7.10. The maximum absolute atomic E-state index is 10.5. The van der Waals surface area contributed by atoms with Gasteiger partial charge in [-0.1, -0.05) is 66.7 Å². The number of quaternary nitrogens is 1. The average Bonchev–Trinajstić information content (AvgIpc) is 3.20. The molecule has 1 aromatic heterocycles. The maximum atomic E-state index is 10.5. The summed E-state index contributed by atoms with van der Waals surface area (Å²) in [4.78, 5) is 1.41. The minimum absolute atomic E-state index is 0. The molecule has 0 aliphatic carbocycles. The Labute approximate surface area is 166 Å². The van der Waals surface area contributed by atoms with E-state index in [-0.39, 0.29) is 18.4 Å². The zero-order valence-electron chi connectivity index (χ0n) is 15.0. The van der Waals surface area contributed by atoms with Gasteiger partial charge in [0.2, 0.25) is 0 Å². The number of rotatable bonds is 8. The van der Waals surface area contributed by atoms with E-state index >= 15 is 0 Å². The molecule has 0 saturated carbocycles. The Morgan fingerprint density at radius 2 is 1.50 bits per heavy atom. The molecule has 2 aromatic carbocycles. The second kappa shape index (κ2) is 10.5. The van der Waals surface area contributed by atoms with Crippen molar-refractivity contribution in [3.05, 3.63) is 94.2 Å². The van der Waals surface area contributed by atoms with E-state index < -0.39 is 6.10 Å². The van der Waals surface area contributed by atoms with Gasteiger partial charge in [0.15, 0.2) is 0 Å². The molecular formula is C22H26ClNOS. The van der Waals surface area contributed by atoms with Crippen LogP contribution in [0.4, 0.5) is 0 Å². The van der Waals surface area contributed by atoms with E-state index in [2.05, 4.69) is 60.1 Å². The third-order valence-electron chi connectivity index (χ3n) is 4.72. The lowest BCUT2D eigenvalue weighted by Crippen LogP contribution is -3.00. The van der Waals surface area contributed by atoms with Crippen molar-refractivity contribution in [3.63, 3.8) is 0 Å². The highest BCUT2D eigenvalue weighted by atomic mass is 35.5. The molecule has 0 spiro atoms. The summed E-state index contributed by atoms with van der Waals surface area (Å²) in [6, 6.07) is 25.1. The number of hydrogen-bond acceptors (Lipinski definition) is 2. The summed E-state index contributed by atoms with van der Waals surface area (Å²) in [6.45, 7) is 3.09. The lowest BCUT2D eigenvalue weighted by atomic mass is 9.94. The van der Waals surface area contributed by atoms with Gasteiger partial charge in [0.25, 0.3) is 0 Å². The van der Waals surface area contributed by atoms with Crippen molar-refractivity contribution < 1.29 is 22.8 Å². The molecule has 3 aromatic rings. The minimum Gasteiger partial charge on any atom is -1.00 e. The summed E-state index contributed by atoms with van der Waals surface area (Å²) < 4.78 is 0. The van der Waals surface area contributed by atoms with Crippen LogP contribution in [0.5, 0.6) is 0 Å². The number of aliphatic hydroxyl groups excluding tert-OH is 1. The van der Waals surface area contributed by atoms with Crippen LogP contribution in [0, 0.1) is 0 Å². The molecular weight excluding hydrogens is 362 g/mol. The highest BCUT2D eigenvalue weighted by Crippen LogP contribution is 2.30. The normalized spacial score (nSPS) is 14.2. The third kappa shape index (κ3) is 5.42. The lowest BCUT2D eigenvalue weighted by Gasteiger charge is -2.20. The summed E-state index contributed by atoms with van der Waals surface area (Å²) >= 11 is 1.82. The minimum atomic E-state index is -0.432. The summed E-state index contributed by atoms with van der Waals surface area (Å²) in [5, 5.41) is 14.9. The van der Waals surface area contributed by atoms with Gasteiger partial charge in [-0.05, 0) is 29.5 Å². The van der Waals surface area contributed by atoms with Crippen LogP contribution in [-0.2, 0) is 0 Å². The Hall–Kier alpha value is -1.65. The van der Waals surface area contributed by atoms with Gasteiger partial charge < -0.3 is 22.8 Å². The van der Waals surface area contributed by atoms with Crippen LogP contribution < -0.4 is 17.7 Å². The van der Waals surface area contributed by atoms with Crippen molar-refractivity contribution >= 4 is 11.3 Å². The van der Waals surface area contributed by atoms with Crippen LogP contribution >= 0.6 is 11.3 Å². The summed E-state index contributed by atoms with van der Waals surface area (Å²) in [7, 11) is 0. The molecule has 0 aliphatic rings. The van der Waals surface area contributed by atoms with E-state index in [0.717, 1.165) is 18.5 Å². The molecule has 3 atom stereocenters. The number of benzene rings is 2. The van der Waals surface area contributed by atoms with Crippen molar-refractivity contribution in [2.45, 2.75) is 31.4 Å². The molecule has 0 radical (unpaired) electrons. The van der Waals surface area contributed by atoms with Crippen LogP contribution in [0.15, 0.2) is 78.2 Å². The fourth-order valence-corrected chi connectivity index (χ4v) is 4.15. The predicted molar refractivity (Wildman–Crippen MR) is 105 cm³/mol. The number of halogens is 1. The van der Waals surface area contributed by atoms with Gasteiger partial charge in [-0.3, -0.25) is 0 Å². The van der Waals surface area contributed by atoms with Crippen molar-refractivity contribution in [3.8, 4) is 0 Å². The Kier molecular flexibility index (Phi) is 8.33. The van der Waals surface area contributed by atoms with Gasteiger partial charge in [0, 0.05) is 17.2 Å². The molecule has 4 heteroatoms. The zero-order chi connectivity index (χ0) is 17.5. The van der Waals surface area contributed by atoms with E-state index in [0.29, 0.717) is 5.92 Å². The van der Waals surface area contributed by atoms with E-state index in [1.165, 1.54) is 10.4 Å². The fourth-order valence-electron chi connectivity index (χ4n) is 3.26. The first-order valence-electron chi connectivity index (χ1n) is 8.90. The molecule has 3 N–H and O–H groups in total. The molecule has 1 heterocycles. The van der Waals surface area contributed by atoms with Gasteiger partial charge in [-0.15, -0.1) is 11.3 Å². The van der Waals surface area contributed by atoms with Crippen molar-refractivity contribution in [1.82, 2.24) is 0 Å². The highest BCUT2D eigenvalue weighted by Gasteiger charge is 2.21.